The molecule has 1 aliphatic heterocycles. The number of esters is 1. The Bertz CT molecular complexity index is 304. The average molecular weight is 246 g/mol. The number of hydrogen-bond acceptors (Lipinski definition) is 5. The number of nitrogens with zero attached hydrogens (tertiary/aromatic N) is 1. The zero-order chi connectivity index (χ0) is 10.1. The highest BCUT2D eigenvalue weighted by molar-refractivity contribution is 8.12. The quantitative estimate of drug-likeness (QED) is 0.507. The van der Waals surface area contributed by atoms with Gasteiger partial charge in [0.25, 0.3) is 0 Å². The van der Waals surface area contributed by atoms with Crippen LogP contribution < -0.4 is 0 Å². The number of methoxy groups -OCH3 is 1. The molecule has 0 amide bonds. The third kappa shape index (κ3) is 2.49. The first-order valence-corrected chi connectivity index (χ1v) is 6.76. The van der Waals surface area contributed by atoms with E-state index in [-0.39, 0.29) is 5.88 Å². The van der Waals surface area contributed by atoms with Gasteiger partial charge in [0.2, 0.25) is 0 Å². The molecule has 0 aliphatic carbocycles. The zero-order valence-electron chi connectivity index (χ0n) is 6.77. The van der Waals surface area contributed by atoms with Crippen molar-refractivity contribution < 1.29 is 17.9 Å². The SMILES string of the molecule is COC(=O)C1CSCN1S(=O)(=O)Cl. The van der Waals surface area contributed by atoms with E-state index in [9.17, 15) is 13.2 Å². The van der Waals surface area contributed by atoms with Crippen LogP contribution in [0.25, 0.3) is 0 Å². The summed E-state index contributed by atoms with van der Waals surface area (Å²) < 4.78 is 27.2. The van der Waals surface area contributed by atoms with Crippen LogP contribution >= 0.6 is 22.4 Å². The predicted molar refractivity (Wildman–Crippen MR) is 49.7 cm³/mol. The molecule has 0 aromatic heterocycles. The summed E-state index contributed by atoms with van der Waals surface area (Å²) in [6.45, 7) is 0. The van der Waals surface area contributed by atoms with E-state index in [0.29, 0.717) is 5.75 Å². The Hall–Kier alpha value is 0.0200. The van der Waals surface area contributed by atoms with Gasteiger partial charge in [0.15, 0.2) is 0 Å². The molecule has 1 saturated heterocycles. The molecule has 13 heavy (non-hydrogen) atoms. The topological polar surface area (TPSA) is 63.7 Å². The molecule has 8 heteroatoms. The third-order valence-electron chi connectivity index (χ3n) is 1.60. The number of hydrogen-bond donors (Lipinski definition) is 0. The molecule has 76 valence electrons. The fraction of sp³-hybridized carbons (Fsp3) is 0.800. The van der Waals surface area contributed by atoms with Gasteiger partial charge < -0.3 is 4.74 Å². The molecule has 1 unspecified atom stereocenters. The van der Waals surface area contributed by atoms with E-state index in [1.54, 1.807) is 0 Å². The Morgan fingerprint density at radius 2 is 2.31 bits per heavy atom. The maximum absolute atomic E-state index is 11.1. The Morgan fingerprint density at radius 3 is 2.77 bits per heavy atom. The summed E-state index contributed by atoms with van der Waals surface area (Å²) in [4.78, 5) is 11.1. The molecule has 0 bridgehead atoms. The number of ether oxygens (including phenoxy) is 1. The second-order valence-corrected chi connectivity index (χ2v) is 5.83. The molecule has 1 fully saturated rings. The Kier molecular flexibility index (Phi) is 3.44. The standard InChI is InChI=1S/C5H8ClNO4S2/c1-11-5(8)4-2-12-3-7(4)13(6,9)10/h4H,2-3H2,1H3. The van der Waals surface area contributed by atoms with E-state index in [2.05, 4.69) is 4.74 Å². The highest BCUT2D eigenvalue weighted by Crippen LogP contribution is 2.26. The van der Waals surface area contributed by atoms with Gasteiger partial charge in [-0.2, -0.15) is 12.7 Å². The molecule has 1 rings (SSSR count). The highest BCUT2D eigenvalue weighted by atomic mass is 35.7. The largest absolute Gasteiger partial charge is 0.468 e. The van der Waals surface area contributed by atoms with Gasteiger partial charge in [0.1, 0.15) is 6.04 Å². The summed E-state index contributed by atoms with van der Waals surface area (Å²) in [5, 5.41) is 0. The van der Waals surface area contributed by atoms with Gasteiger partial charge in [-0.25, -0.2) is 0 Å². The number of carbonyl (C=O) groups excluding carboxylic acids is 1. The van der Waals surface area contributed by atoms with Gasteiger partial charge in [0, 0.05) is 16.4 Å². The van der Waals surface area contributed by atoms with Crippen molar-refractivity contribution in [2.24, 2.45) is 0 Å². The average Bonchev–Trinajstić information content (AvgIpc) is 2.49. The van der Waals surface area contributed by atoms with Gasteiger partial charge >= 0.3 is 15.2 Å². The van der Waals surface area contributed by atoms with Crippen molar-refractivity contribution in [3.63, 3.8) is 0 Å². The fourth-order valence-electron chi connectivity index (χ4n) is 0.964. The third-order valence-corrected chi connectivity index (χ3v) is 4.25. The van der Waals surface area contributed by atoms with Crippen molar-refractivity contribution in [3.05, 3.63) is 0 Å². The summed E-state index contributed by atoms with van der Waals surface area (Å²) >= 11 is 1.32. The molecule has 0 aromatic rings. The number of carbonyl (C=O) groups is 1. The normalized spacial score (nSPS) is 24.6. The van der Waals surface area contributed by atoms with Crippen molar-refractivity contribution in [3.8, 4) is 0 Å². The van der Waals surface area contributed by atoms with E-state index in [0.717, 1.165) is 4.31 Å². The molecule has 0 N–H and O–H groups in total. The van der Waals surface area contributed by atoms with Crippen LogP contribution in [-0.4, -0.2) is 43.5 Å². The Morgan fingerprint density at radius 1 is 1.69 bits per heavy atom. The van der Waals surface area contributed by atoms with E-state index in [1.165, 1.54) is 18.9 Å². The minimum atomic E-state index is -3.82. The first kappa shape index (κ1) is 11.1. The van der Waals surface area contributed by atoms with E-state index in [4.69, 9.17) is 10.7 Å². The van der Waals surface area contributed by atoms with Crippen LogP contribution in [0, 0.1) is 0 Å². The lowest BCUT2D eigenvalue weighted by molar-refractivity contribution is -0.143. The molecule has 5 nitrogen and oxygen atoms in total. The second-order valence-electron chi connectivity index (χ2n) is 2.37. The first-order chi connectivity index (χ1) is 5.96. The maximum Gasteiger partial charge on any atom is 0.325 e. The van der Waals surface area contributed by atoms with Crippen molar-refractivity contribution in [1.82, 2.24) is 4.31 Å². The van der Waals surface area contributed by atoms with Crippen LogP contribution in [0.3, 0.4) is 0 Å². The minimum absolute atomic E-state index is 0.200. The van der Waals surface area contributed by atoms with Gasteiger partial charge in [-0.05, 0) is 0 Å². The van der Waals surface area contributed by atoms with Gasteiger partial charge in [-0.1, -0.05) is 0 Å². The molecule has 1 aliphatic rings. The summed E-state index contributed by atoms with van der Waals surface area (Å²) in [6.07, 6.45) is 0. The van der Waals surface area contributed by atoms with Gasteiger partial charge in [-0.15, -0.1) is 11.8 Å². The number of rotatable bonds is 2. The van der Waals surface area contributed by atoms with Gasteiger partial charge in [-0.3, -0.25) is 4.79 Å². The minimum Gasteiger partial charge on any atom is -0.468 e. The Labute approximate surface area is 84.9 Å². The lowest BCUT2D eigenvalue weighted by atomic mass is 10.3. The molecule has 1 atom stereocenters. The van der Waals surface area contributed by atoms with Crippen molar-refractivity contribution >= 4 is 37.7 Å². The predicted octanol–water partition coefficient (Wildman–Crippen LogP) is 0.0179. The molecule has 0 saturated carbocycles. The highest BCUT2D eigenvalue weighted by Gasteiger charge is 2.38. The molecule has 0 spiro atoms. The molecular formula is C5H8ClNO4S2. The van der Waals surface area contributed by atoms with Crippen LogP contribution in [0.2, 0.25) is 0 Å². The monoisotopic (exact) mass is 245 g/mol. The lowest BCUT2D eigenvalue weighted by Crippen LogP contribution is -2.40. The van der Waals surface area contributed by atoms with Crippen LogP contribution in [0.1, 0.15) is 0 Å². The van der Waals surface area contributed by atoms with E-state index in [1.807, 2.05) is 0 Å². The van der Waals surface area contributed by atoms with Crippen LogP contribution in [-0.2, 0) is 18.8 Å². The summed E-state index contributed by atoms with van der Waals surface area (Å²) in [5.41, 5.74) is 0. The summed E-state index contributed by atoms with van der Waals surface area (Å²) in [7, 11) is 2.50. The Balaban J connectivity index is 2.82. The second kappa shape index (κ2) is 4.04. The maximum atomic E-state index is 11.1. The van der Waals surface area contributed by atoms with Crippen LogP contribution in [0.15, 0.2) is 0 Å². The van der Waals surface area contributed by atoms with Gasteiger partial charge in [0.05, 0.1) is 13.0 Å². The molecular weight excluding hydrogens is 238 g/mol. The van der Waals surface area contributed by atoms with E-state index >= 15 is 0 Å². The summed E-state index contributed by atoms with van der Waals surface area (Å²) in [6, 6.07) is -0.780. The summed E-state index contributed by atoms with van der Waals surface area (Å²) in [5.74, 6) is 0.0127. The molecule has 1 heterocycles. The fourth-order valence-corrected chi connectivity index (χ4v) is 3.90. The first-order valence-electron chi connectivity index (χ1n) is 3.34. The number of thioether (sulfide) groups is 1. The van der Waals surface area contributed by atoms with Crippen LogP contribution in [0.4, 0.5) is 0 Å². The smallest absolute Gasteiger partial charge is 0.325 e. The van der Waals surface area contributed by atoms with Crippen molar-refractivity contribution in [2.75, 3.05) is 18.7 Å². The van der Waals surface area contributed by atoms with Crippen LogP contribution in [0.5, 0.6) is 0 Å². The van der Waals surface area contributed by atoms with E-state index < -0.39 is 21.2 Å². The lowest BCUT2D eigenvalue weighted by Gasteiger charge is -2.16. The molecule has 0 aromatic carbocycles. The zero-order valence-corrected chi connectivity index (χ0v) is 9.16. The van der Waals surface area contributed by atoms with Crippen molar-refractivity contribution in [2.45, 2.75) is 6.04 Å². The van der Waals surface area contributed by atoms with Crippen molar-refractivity contribution in [1.29, 1.82) is 0 Å². The number of halogens is 1. The molecule has 0 radical (unpaired) electrons.